The van der Waals surface area contributed by atoms with Crippen molar-refractivity contribution in [2.75, 3.05) is 25.6 Å². The summed E-state index contributed by atoms with van der Waals surface area (Å²) in [5.41, 5.74) is 1.08. The average molecular weight is 372 g/mol. The Morgan fingerprint density at radius 2 is 2.04 bits per heavy atom. The Morgan fingerprint density at radius 3 is 2.68 bits per heavy atom. The zero-order chi connectivity index (χ0) is 18.4. The van der Waals surface area contributed by atoms with Crippen molar-refractivity contribution in [1.82, 2.24) is 19.5 Å². The number of nitrogens with two attached hydrogens (primary N) is 1. The molecule has 1 fully saturated rings. The van der Waals surface area contributed by atoms with Crippen LogP contribution in [0, 0.1) is 5.92 Å². The molecule has 4 atom stereocenters. The van der Waals surface area contributed by atoms with E-state index in [1.54, 1.807) is 9.47 Å². The van der Waals surface area contributed by atoms with E-state index in [2.05, 4.69) is 19.1 Å². The van der Waals surface area contributed by atoms with Gasteiger partial charge < -0.3 is 19.7 Å². The van der Waals surface area contributed by atoms with Crippen LogP contribution in [0.1, 0.15) is 12.5 Å². The van der Waals surface area contributed by atoms with Crippen molar-refractivity contribution in [2.45, 2.75) is 24.7 Å². The molecule has 0 saturated heterocycles. The SMILES string of the molecule is CN(C)c1ncnc2c1ncn2[C@@H]1C[C@H](COS(N)(=O)=O)[C@@H](O)[C@H]1O. The van der Waals surface area contributed by atoms with E-state index in [1.165, 1.54) is 12.7 Å². The lowest BCUT2D eigenvalue weighted by Crippen LogP contribution is -2.31. The van der Waals surface area contributed by atoms with Crippen molar-refractivity contribution < 1.29 is 22.8 Å². The fraction of sp³-hybridized carbons (Fsp3) is 0.615. The van der Waals surface area contributed by atoms with Gasteiger partial charge in [-0.3, -0.25) is 4.18 Å². The van der Waals surface area contributed by atoms with E-state index in [4.69, 9.17) is 5.14 Å². The first-order valence-corrected chi connectivity index (χ1v) is 9.04. The maximum absolute atomic E-state index is 10.9. The van der Waals surface area contributed by atoms with Crippen molar-refractivity contribution in [3.63, 3.8) is 0 Å². The van der Waals surface area contributed by atoms with Gasteiger partial charge in [-0.15, -0.1) is 0 Å². The van der Waals surface area contributed by atoms with E-state index >= 15 is 0 Å². The van der Waals surface area contributed by atoms with Crippen molar-refractivity contribution in [3.05, 3.63) is 12.7 Å². The predicted octanol–water partition coefficient (Wildman–Crippen LogP) is -1.60. The van der Waals surface area contributed by atoms with Crippen LogP contribution in [0.4, 0.5) is 5.82 Å². The van der Waals surface area contributed by atoms with Crippen molar-refractivity contribution in [1.29, 1.82) is 0 Å². The van der Waals surface area contributed by atoms with Gasteiger partial charge in [0.1, 0.15) is 12.4 Å². The number of fused-ring (bicyclic) bond motifs is 1. The standard InChI is InChI=1S/C13H20N6O5S/c1-18(2)12-9-13(16-5-15-12)19(6-17-9)8-3-7(10(20)11(8)21)4-24-25(14,22)23/h5-8,10-11,20-21H,3-4H2,1-2H3,(H2,14,22,23)/t7-,8-,10-,11+/m1/s1. The molecule has 1 aliphatic carbocycles. The number of hydrogen-bond donors (Lipinski definition) is 3. The number of aromatic nitrogens is 4. The van der Waals surface area contributed by atoms with E-state index < -0.39 is 34.5 Å². The number of rotatable bonds is 5. The minimum absolute atomic E-state index is 0.282. The highest BCUT2D eigenvalue weighted by atomic mass is 32.2. The molecule has 0 aliphatic heterocycles. The lowest BCUT2D eigenvalue weighted by Gasteiger charge is -2.18. The van der Waals surface area contributed by atoms with Gasteiger partial charge in [-0.05, 0) is 6.42 Å². The highest BCUT2D eigenvalue weighted by Crippen LogP contribution is 2.37. The van der Waals surface area contributed by atoms with Crippen LogP contribution >= 0.6 is 0 Å². The number of hydrogen-bond acceptors (Lipinski definition) is 9. The molecule has 3 rings (SSSR count). The van der Waals surface area contributed by atoms with Crippen molar-refractivity contribution in [3.8, 4) is 0 Å². The van der Waals surface area contributed by atoms with E-state index in [1.807, 2.05) is 14.1 Å². The first kappa shape index (κ1) is 17.9. The van der Waals surface area contributed by atoms with E-state index in [9.17, 15) is 18.6 Å². The quantitative estimate of drug-likeness (QED) is 0.562. The van der Waals surface area contributed by atoms with E-state index in [0.29, 0.717) is 17.0 Å². The van der Waals surface area contributed by atoms with Gasteiger partial charge in [0.15, 0.2) is 17.0 Å². The molecule has 2 aromatic rings. The fourth-order valence-electron chi connectivity index (χ4n) is 3.13. The highest BCUT2D eigenvalue weighted by molar-refractivity contribution is 7.84. The Morgan fingerprint density at radius 1 is 1.32 bits per heavy atom. The van der Waals surface area contributed by atoms with Crippen LogP contribution in [0.5, 0.6) is 0 Å². The van der Waals surface area contributed by atoms with Crippen molar-refractivity contribution >= 4 is 27.3 Å². The number of anilines is 1. The molecule has 0 amide bonds. The Labute approximate surface area is 144 Å². The number of aliphatic hydroxyl groups is 2. The molecular weight excluding hydrogens is 352 g/mol. The summed E-state index contributed by atoms with van der Waals surface area (Å²) in [6, 6.07) is -0.529. The van der Waals surface area contributed by atoms with Crippen LogP contribution in [0.3, 0.4) is 0 Å². The van der Waals surface area contributed by atoms with Crippen LogP contribution in [0.2, 0.25) is 0 Å². The summed E-state index contributed by atoms with van der Waals surface area (Å²) < 4.78 is 28.1. The van der Waals surface area contributed by atoms with Crippen LogP contribution in [0.15, 0.2) is 12.7 Å². The number of imidazole rings is 1. The molecule has 0 bridgehead atoms. The zero-order valence-corrected chi connectivity index (χ0v) is 14.5. The summed E-state index contributed by atoms with van der Waals surface area (Å²) >= 11 is 0. The average Bonchev–Trinajstić information content (AvgIpc) is 3.07. The largest absolute Gasteiger partial charge is 0.390 e. The minimum Gasteiger partial charge on any atom is -0.390 e. The molecule has 2 aromatic heterocycles. The third kappa shape index (κ3) is 3.43. The first-order chi connectivity index (χ1) is 11.7. The summed E-state index contributed by atoms with van der Waals surface area (Å²) in [5, 5.41) is 25.4. The van der Waals surface area contributed by atoms with Crippen molar-refractivity contribution in [2.24, 2.45) is 11.1 Å². The molecule has 11 nitrogen and oxygen atoms in total. The second kappa shape index (κ2) is 6.46. The second-order valence-electron chi connectivity index (χ2n) is 6.24. The molecule has 2 heterocycles. The third-order valence-electron chi connectivity index (χ3n) is 4.34. The Bertz CT molecular complexity index is 869. The molecule has 1 aliphatic rings. The second-order valence-corrected chi connectivity index (χ2v) is 7.46. The molecule has 0 aromatic carbocycles. The molecule has 0 unspecified atom stereocenters. The monoisotopic (exact) mass is 372 g/mol. The smallest absolute Gasteiger partial charge is 0.333 e. The molecule has 25 heavy (non-hydrogen) atoms. The van der Waals surface area contributed by atoms with Crippen LogP contribution < -0.4 is 10.0 Å². The van der Waals surface area contributed by atoms with Gasteiger partial charge in [0.25, 0.3) is 0 Å². The van der Waals surface area contributed by atoms with Gasteiger partial charge in [-0.2, -0.15) is 8.42 Å². The minimum atomic E-state index is -4.11. The van der Waals surface area contributed by atoms with Gasteiger partial charge >= 0.3 is 10.3 Å². The summed E-state index contributed by atoms with van der Waals surface area (Å²) in [4.78, 5) is 14.5. The van der Waals surface area contributed by atoms with Gasteiger partial charge in [-0.1, -0.05) is 0 Å². The van der Waals surface area contributed by atoms with Gasteiger partial charge in [0.05, 0.1) is 25.1 Å². The summed E-state index contributed by atoms with van der Waals surface area (Å²) in [6.45, 7) is -0.307. The highest BCUT2D eigenvalue weighted by Gasteiger charge is 2.43. The topological polar surface area (TPSA) is 157 Å². The van der Waals surface area contributed by atoms with Gasteiger partial charge in [-0.25, -0.2) is 20.1 Å². The lowest BCUT2D eigenvalue weighted by molar-refractivity contribution is -0.000990. The molecule has 0 spiro atoms. The molecule has 4 N–H and O–H groups in total. The Balaban J connectivity index is 1.89. The predicted molar refractivity (Wildman–Crippen MR) is 87.9 cm³/mol. The summed E-state index contributed by atoms with van der Waals surface area (Å²) in [5.74, 6) is 0.0387. The Kier molecular flexibility index (Phi) is 4.64. The maximum atomic E-state index is 10.9. The zero-order valence-electron chi connectivity index (χ0n) is 13.7. The van der Waals surface area contributed by atoms with E-state index in [-0.39, 0.29) is 13.0 Å². The van der Waals surface area contributed by atoms with E-state index in [0.717, 1.165) is 0 Å². The molecule has 1 saturated carbocycles. The molecule has 12 heteroatoms. The Hall–Kier alpha value is -1.86. The fourth-order valence-corrected chi connectivity index (χ4v) is 3.50. The first-order valence-electron chi connectivity index (χ1n) is 7.57. The molecular formula is C13H20N6O5S. The normalized spacial score (nSPS) is 27.1. The van der Waals surface area contributed by atoms with Crippen LogP contribution in [-0.2, 0) is 14.5 Å². The third-order valence-corrected chi connectivity index (χ3v) is 4.80. The molecule has 0 radical (unpaired) electrons. The number of aliphatic hydroxyl groups excluding tert-OH is 2. The molecule has 138 valence electrons. The van der Waals surface area contributed by atoms with Crippen LogP contribution in [0.25, 0.3) is 11.2 Å². The summed E-state index contributed by atoms with van der Waals surface area (Å²) in [6.07, 6.45) is 0.930. The van der Waals surface area contributed by atoms with Crippen LogP contribution in [-0.4, -0.2) is 71.1 Å². The summed E-state index contributed by atoms with van der Waals surface area (Å²) in [7, 11) is -0.454. The number of nitrogens with zero attached hydrogens (tertiary/aromatic N) is 5. The lowest BCUT2D eigenvalue weighted by atomic mass is 10.1. The van der Waals surface area contributed by atoms with Gasteiger partial charge in [0.2, 0.25) is 0 Å². The van der Waals surface area contributed by atoms with Gasteiger partial charge in [0, 0.05) is 20.0 Å². The maximum Gasteiger partial charge on any atom is 0.333 e.